The number of carbonyl (C=O) groups excluding carboxylic acids is 2. The summed E-state index contributed by atoms with van der Waals surface area (Å²) < 4.78 is 5.50. The van der Waals surface area contributed by atoms with Crippen molar-refractivity contribution in [3.8, 4) is 11.1 Å². The highest BCUT2D eigenvalue weighted by molar-refractivity contribution is 5.99. The number of hydrogen-bond acceptors (Lipinski definition) is 3. The lowest BCUT2D eigenvalue weighted by molar-refractivity contribution is -0.158. The van der Waals surface area contributed by atoms with Crippen molar-refractivity contribution in [3.63, 3.8) is 0 Å². The first-order valence-electron chi connectivity index (χ1n) is 9.61. The molecule has 0 unspecified atom stereocenters. The van der Waals surface area contributed by atoms with Crippen LogP contribution in [0.5, 0.6) is 0 Å². The van der Waals surface area contributed by atoms with E-state index in [4.69, 9.17) is 4.74 Å². The van der Waals surface area contributed by atoms with Gasteiger partial charge < -0.3 is 10.1 Å². The summed E-state index contributed by atoms with van der Waals surface area (Å²) in [6.45, 7) is 5.17. The largest absolute Gasteiger partial charge is 0.452 e. The molecule has 3 rings (SSSR count). The van der Waals surface area contributed by atoms with E-state index in [-0.39, 0.29) is 5.91 Å². The van der Waals surface area contributed by atoms with Crippen LogP contribution in [-0.2, 0) is 19.7 Å². The standard InChI is InChI=1S/C25H25NO3/c1-18(29-24(28)25(2,3)20-14-8-5-9-15-20)23(27)26-22-17-11-10-16-21(22)19-12-6-4-7-13-19/h4-18H,1-3H3,(H,26,27)/t18-/m1/s1. The van der Waals surface area contributed by atoms with E-state index in [0.717, 1.165) is 16.7 Å². The maximum absolute atomic E-state index is 12.7. The van der Waals surface area contributed by atoms with E-state index in [9.17, 15) is 9.59 Å². The van der Waals surface area contributed by atoms with Gasteiger partial charge in [0.1, 0.15) is 0 Å². The third kappa shape index (κ3) is 4.72. The Morgan fingerprint density at radius 3 is 2.03 bits per heavy atom. The van der Waals surface area contributed by atoms with Gasteiger partial charge in [0.25, 0.3) is 5.91 Å². The van der Waals surface area contributed by atoms with Gasteiger partial charge in [-0.25, -0.2) is 0 Å². The van der Waals surface area contributed by atoms with Crippen LogP contribution in [0.1, 0.15) is 26.3 Å². The molecule has 0 aliphatic carbocycles. The Bertz CT molecular complexity index is 981. The Morgan fingerprint density at radius 2 is 1.38 bits per heavy atom. The van der Waals surface area contributed by atoms with Crippen LogP contribution in [0.4, 0.5) is 5.69 Å². The molecule has 0 saturated heterocycles. The van der Waals surface area contributed by atoms with Crippen LogP contribution < -0.4 is 5.32 Å². The fourth-order valence-corrected chi connectivity index (χ4v) is 3.03. The molecule has 3 aromatic carbocycles. The number of benzene rings is 3. The van der Waals surface area contributed by atoms with E-state index < -0.39 is 17.5 Å². The molecule has 0 saturated carbocycles. The molecule has 0 radical (unpaired) electrons. The van der Waals surface area contributed by atoms with Gasteiger partial charge in [-0.1, -0.05) is 78.9 Å². The first-order chi connectivity index (χ1) is 13.9. The van der Waals surface area contributed by atoms with Gasteiger partial charge in [-0.2, -0.15) is 0 Å². The number of hydrogen-bond donors (Lipinski definition) is 1. The molecular formula is C25H25NO3. The van der Waals surface area contributed by atoms with Crippen LogP contribution in [0.2, 0.25) is 0 Å². The quantitative estimate of drug-likeness (QED) is 0.591. The van der Waals surface area contributed by atoms with Gasteiger partial charge in [0.2, 0.25) is 0 Å². The van der Waals surface area contributed by atoms with Crippen molar-refractivity contribution in [2.75, 3.05) is 5.32 Å². The lowest BCUT2D eigenvalue weighted by Crippen LogP contribution is -2.37. The Balaban J connectivity index is 1.71. The minimum atomic E-state index is -0.922. The van der Waals surface area contributed by atoms with Crippen molar-refractivity contribution >= 4 is 17.6 Å². The molecular weight excluding hydrogens is 362 g/mol. The van der Waals surface area contributed by atoms with Crippen molar-refractivity contribution in [2.24, 2.45) is 0 Å². The van der Waals surface area contributed by atoms with Crippen molar-refractivity contribution in [1.29, 1.82) is 0 Å². The lowest BCUT2D eigenvalue weighted by atomic mass is 9.85. The first kappa shape index (κ1) is 20.3. The van der Waals surface area contributed by atoms with Crippen LogP contribution in [-0.4, -0.2) is 18.0 Å². The van der Waals surface area contributed by atoms with E-state index in [0.29, 0.717) is 5.69 Å². The second-order valence-corrected chi connectivity index (χ2v) is 7.44. The van der Waals surface area contributed by atoms with Gasteiger partial charge >= 0.3 is 5.97 Å². The minimum Gasteiger partial charge on any atom is -0.452 e. The van der Waals surface area contributed by atoms with Gasteiger partial charge in [0.05, 0.1) is 5.41 Å². The van der Waals surface area contributed by atoms with Crippen molar-refractivity contribution in [2.45, 2.75) is 32.3 Å². The summed E-state index contributed by atoms with van der Waals surface area (Å²) in [4.78, 5) is 25.4. The van der Waals surface area contributed by atoms with E-state index in [1.165, 1.54) is 0 Å². The van der Waals surface area contributed by atoms with Crippen LogP contribution in [0, 0.1) is 0 Å². The topological polar surface area (TPSA) is 55.4 Å². The number of rotatable bonds is 6. The van der Waals surface area contributed by atoms with Crippen LogP contribution in [0.15, 0.2) is 84.9 Å². The zero-order chi connectivity index (χ0) is 20.9. The summed E-state index contributed by atoms with van der Waals surface area (Å²) in [5.74, 6) is -0.812. The molecule has 0 aliphatic rings. The highest BCUT2D eigenvalue weighted by Gasteiger charge is 2.33. The Kier molecular flexibility index (Phi) is 6.13. The first-order valence-corrected chi connectivity index (χ1v) is 9.61. The predicted octanol–water partition coefficient (Wildman–Crippen LogP) is 5.20. The van der Waals surface area contributed by atoms with Gasteiger partial charge in [-0.05, 0) is 38.0 Å². The fraction of sp³-hybridized carbons (Fsp3) is 0.200. The predicted molar refractivity (Wildman–Crippen MR) is 116 cm³/mol. The molecule has 4 nitrogen and oxygen atoms in total. The fourth-order valence-electron chi connectivity index (χ4n) is 3.03. The summed E-state index contributed by atoms with van der Waals surface area (Å²) in [5, 5.41) is 2.89. The number of amides is 1. The molecule has 0 aliphatic heterocycles. The summed E-state index contributed by atoms with van der Waals surface area (Å²) in [7, 11) is 0. The van der Waals surface area contributed by atoms with Gasteiger partial charge in [-0.3, -0.25) is 9.59 Å². The van der Waals surface area contributed by atoms with Crippen LogP contribution in [0.3, 0.4) is 0 Å². The second-order valence-electron chi connectivity index (χ2n) is 7.44. The van der Waals surface area contributed by atoms with E-state index in [1.807, 2.05) is 84.9 Å². The third-order valence-electron chi connectivity index (χ3n) is 4.93. The third-order valence-corrected chi connectivity index (χ3v) is 4.93. The Labute approximate surface area is 171 Å². The maximum Gasteiger partial charge on any atom is 0.316 e. The number of carbonyl (C=O) groups is 2. The summed E-state index contributed by atoms with van der Waals surface area (Å²) in [6, 6.07) is 26.8. The molecule has 1 atom stereocenters. The number of ether oxygens (including phenoxy) is 1. The highest BCUT2D eigenvalue weighted by atomic mass is 16.5. The minimum absolute atomic E-state index is 0.370. The molecule has 4 heteroatoms. The monoisotopic (exact) mass is 387 g/mol. The molecule has 29 heavy (non-hydrogen) atoms. The van der Waals surface area contributed by atoms with Crippen LogP contribution in [0.25, 0.3) is 11.1 Å². The molecule has 0 aromatic heterocycles. The van der Waals surface area contributed by atoms with E-state index >= 15 is 0 Å². The van der Waals surface area contributed by atoms with Gasteiger partial charge in [0, 0.05) is 11.3 Å². The highest BCUT2D eigenvalue weighted by Crippen LogP contribution is 2.28. The molecule has 3 aromatic rings. The number of nitrogens with one attached hydrogen (secondary N) is 1. The molecule has 1 N–H and O–H groups in total. The van der Waals surface area contributed by atoms with Gasteiger partial charge in [0.15, 0.2) is 6.10 Å². The smallest absolute Gasteiger partial charge is 0.316 e. The Morgan fingerprint density at radius 1 is 0.828 bits per heavy atom. The van der Waals surface area contributed by atoms with Crippen LogP contribution >= 0.6 is 0 Å². The Hall–Kier alpha value is -3.40. The molecule has 148 valence electrons. The molecule has 1 amide bonds. The summed E-state index contributed by atoms with van der Waals surface area (Å²) in [6.07, 6.45) is -0.922. The summed E-state index contributed by atoms with van der Waals surface area (Å²) >= 11 is 0. The number of esters is 1. The van der Waals surface area contributed by atoms with Crippen molar-refractivity contribution in [3.05, 3.63) is 90.5 Å². The average molecular weight is 387 g/mol. The number of anilines is 1. The zero-order valence-electron chi connectivity index (χ0n) is 16.9. The molecule has 0 spiro atoms. The molecule has 0 heterocycles. The zero-order valence-corrected chi connectivity index (χ0v) is 16.9. The van der Waals surface area contributed by atoms with Crippen molar-refractivity contribution < 1.29 is 14.3 Å². The number of para-hydroxylation sites is 1. The average Bonchev–Trinajstić information content (AvgIpc) is 2.75. The SMILES string of the molecule is C[C@@H](OC(=O)C(C)(C)c1ccccc1)C(=O)Nc1ccccc1-c1ccccc1. The van der Waals surface area contributed by atoms with Gasteiger partial charge in [-0.15, -0.1) is 0 Å². The molecule has 0 fully saturated rings. The normalized spacial score (nSPS) is 12.1. The lowest BCUT2D eigenvalue weighted by Gasteiger charge is -2.25. The second kappa shape index (κ2) is 8.74. The van der Waals surface area contributed by atoms with Crippen molar-refractivity contribution in [1.82, 2.24) is 0 Å². The van der Waals surface area contributed by atoms with E-state index in [1.54, 1.807) is 20.8 Å². The molecule has 0 bridgehead atoms. The van der Waals surface area contributed by atoms with E-state index in [2.05, 4.69) is 5.32 Å². The maximum atomic E-state index is 12.7. The summed E-state index contributed by atoms with van der Waals surface area (Å²) in [5.41, 5.74) is 2.57.